The van der Waals surface area contributed by atoms with Gasteiger partial charge in [-0.3, -0.25) is 0 Å². The zero-order chi connectivity index (χ0) is 13.1. The lowest BCUT2D eigenvalue weighted by atomic mass is 10.0. The van der Waals surface area contributed by atoms with E-state index < -0.39 is 11.6 Å². The molecule has 0 aromatic heterocycles. The fraction of sp³-hybridized carbons (Fsp3) is 0.143. The third kappa shape index (κ3) is 2.13. The SMILES string of the molecule is C#Cc1cc(OCOC)cc2ccc(F)c(F)c12. The van der Waals surface area contributed by atoms with E-state index in [0.717, 1.165) is 6.07 Å². The van der Waals surface area contributed by atoms with Gasteiger partial charge in [0.15, 0.2) is 18.4 Å². The maximum Gasteiger partial charge on any atom is 0.188 e. The van der Waals surface area contributed by atoms with Crippen molar-refractivity contribution in [1.29, 1.82) is 0 Å². The number of hydrogen-bond donors (Lipinski definition) is 0. The predicted octanol–water partition coefficient (Wildman–Crippen LogP) is 3.08. The van der Waals surface area contributed by atoms with Gasteiger partial charge in [0, 0.05) is 18.1 Å². The Hall–Kier alpha value is -2.12. The molecule has 0 spiro atoms. The van der Waals surface area contributed by atoms with Crippen LogP contribution in [0, 0.1) is 24.0 Å². The molecule has 0 atom stereocenters. The van der Waals surface area contributed by atoms with Crippen LogP contribution in [0.5, 0.6) is 5.75 Å². The third-order valence-corrected chi connectivity index (χ3v) is 2.48. The first-order valence-corrected chi connectivity index (χ1v) is 5.17. The number of fused-ring (bicyclic) bond motifs is 1. The molecule has 4 heteroatoms. The number of ether oxygens (including phenoxy) is 2. The van der Waals surface area contributed by atoms with Gasteiger partial charge in [0.25, 0.3) is 0 Å². The predicted molar refractivity (Wildman–Crippen MR) is 64.3 cm³/mol. The van der Waals surface area contributed by atoms with Crippen molar-refractivity contribution in [2.75, 3.05) is 13.9 Å². The average Bonchev–Trinajstić information content (AvgIpc) is 2.39. The van der Waals surface area contributed by atoms with Gasteiger partial charge in [-0.05, 0) is 23.6 Å². The highest BCUT2D eigenvalue weighted by molar-refractivity contribution is 5.90. The van der Waals surface area contributed by atoms with E-state index in [9.17, 15) is 8.78 Å². The molecule has 18 heavy (non-hydrogen) atoms. The number of methoxy groups -OCH3 is 1. The van der Waals surface area contributed by atoms with Gasteiger partial charge >= 0.3 is 0 Å². The molecule has 2 aromatic rings. The van der Waals surface area contributed by atoms with Gasteiger partial charge in [0.2, 0.25) is 0 Å². The number of terminal acetylenes is 1. The molecule has 0 heterocycles. The van der Waals surface area contributed by atoms with Gasteiger partial charge in [-0.15, -0.1) is 6.42 Å². The van der Waals surface area contributed by atoms with E-state index in [1.807, 2.05) is 0 Å². The molecule has 0 N–H and O–H groups in total. The molecule has 2 rings (SSSR count). The summed E-state index contributed by atoms with van der Waals surface area (Å²) in [6, 6.07) is 5.56. The molecule has 0 radical (unpaired) electrons. The van der Waals surface area contributed by atoms with E-state index in [4.69, 9.17) is 15.9 Å². The summed E-state index contributed by atoms with van der Waals surface area (Å²) in [5, 5.41) is 0.567. The van der Waals surface area contributed by atoms with Gasteiger partial charge in [-0.25, -0.2) is 8.78 Å². The van der Waals surface area contributed by atoms with E-state index in [-0.39, 0.29) is 17.7 Å². The first kappa shape index (κ1) is 12.3. The maximum atomic E-state index is 13.7. The Morgan fingerprint density at radius 3 is 2.72 bits per heavy atom. The van der Waals surface area contributed by atoms with Gasteiger partial charge in [-0.1, -0.05) is 12.0 Å². The standard InChI is InChI=1S/C14H10F2O2/c1-3-9-6-11(18-8-17-2)7-10-4-5-12(15)14(16)13(9)10/h1,4-7H,8H2,2H3. The summed E-state index contributed by atoms with van der Waals surface area (Å²) >= 11 is 0. The van der Waals surface area contributed by atoms with Crippen LogP contribution in [0.2, 0.25) is 0 Å². The lowest BCUT2D eigenvalue weighted by Gasteiger charge is -2.09. The normalized spacial score (nSPS) is 10.3. The Balaban J connectivity index is 2.64. The molecule has 2 nitrogen and oxygen atoms in total. The van der Waals surface area contributed by atoms with Gasteiger partial charge in [0.1, 0.15) is 5.75 Å². The van der Waals surface area contributed by atoms with Crippen molar-refractivity contribution < 1.29 is 18.3 Å². The fourth-order valence-corrected chi connectivity index (χ4v) is 1.69. The Morgan fingerprint density at radius 2 is 2.06 bits per heavy atom. The van der Waals surface area contributed by atoms with Crippen LogP contribution in [0.4, 0.5) is 8.78 Å². The molecule has 2 aromatic carbocycles. The minimum atomic E-state index is -0.946. The summed E-state index contributed by atoms with van der Waals surface area (Å²) in [5.41, 5.74) is 0.246. The molecular formula is C14H10F2O2. The lowest BCUT2D eigenvalue weighted by molar-refractivity contribution is 0.0512. The zero-order valence-electron chi connectivity index (χ0n) is 9.67. The molecule has 0 bridgehead atoms. The van der Waals surface area contributed by atoms with Crippen LogP contribution in [0.3, 0.4) is 0 Å². The van der Waals surface area contributed by atoms with Crippen LogP contribution in [-0.2, 0) is 4.74 Å². The first-order valence-electron chi connectivity index (χ1n) is 5.17. The maximum absolute atomic E-state index is 13.7. The van der Waals surface area contributed by atoms with Crippen LogP contribution < -0.4 is 4.74 Å². The molecular weight excluding hydrogens is 238 g/mol. The van der Waals surface area contributed by atoms with Crippen LogP contribution in [0.15, 0.2) is 24.3 Å². The van der Waals surface area contributed by atoms with Crippen molar-refractivity contribution in [2.45, 2.75) is 0 Å². The summed E-state index contributed by atoms with van der Waals surface area (Å²) in [6.45, 7) is 0.0548. The molecule has 0 saturated carbocycles. The van der Waals surface area contributed by atoms with E-state index >= 15 is 0 Å². The lowest BCUT2D eigenvalue weighted by Crippen LogP contribution is -2.00. The van der Waals surface area contributed by atoms with Crippen molar-refractivity contribution in [3.05, 3.63) is 41.5 Å². The van der Waals surface area contributed by atoms with Gasteiger partial charge in [-0.2, -0.15) is 0 Å². The summed E-state index contributed by atoms with van der Waals surface area (Å²) in [4.78, 5) is 0. The summed E-state index contributed by atoms with van der Waals surface area (Å²) in [5.74, 6) is 0.903. The largest absolute Gasteiger partial charge is 0.468 e. The molecule has 0 amide bonds. The minimum Gasteiger partial charge on any atom is -0.468 e. The second-order valence-electron chi connectivity index (χ2n) is 3.63. The number of hydrogen-bond acceptors (Lipinski definition) is 2. The smallest absolute Gasteiger partial charge is 0.188 e. The Morgan fingerprint density at radius 1 is 1.28 bits per heavy atom. The number of halogens is 2. The molecule has 0 aliphatic rings. The van der Waals surface area contributed by atoms with Gasteiger partial charge < -0.3 is 9.47 Å². The molecule has 0 unspecified atom stereocenters. The number of benzene rings is 2. The van der Waals surface area contributed by atoms with Crippen LogP contribution in [0.1, 0.15) is 5.56 Å². The Bertz CT molecular complexity index is 630. The summed E-state index contributed by atoms with van der Waals surface area (Å²) < 4.78 is 36.9. The highest BCUT2D eigenvalue weighted by Crippen LogP contribution is 2.28. The molecule has 0 saturated heterocycles. The van der Waals surface area contributed by atoms with Crippen molar-refractivity contribution in [1.82, 2.24) is 0 Å². The van der Waals surface area contributed by atoms with Crippen LogP contribution in [0.25, 0.3) is 10.8 Å². The highest BCUT2D eigenvalue weighted by Gasteiger charge is 2.12. The van der Waals surface area contributed by atoms with E-state index in [1.165, 1.54) is 19.2 Å². The van der Waals surface area contributed by atoms with Crippen molar-refractivity contribution >= 4 is 10.8 Å². The fourth-order valence-electron chi connectivity index (χ4n) is 1.69. The molecule has 92 valence electrons. The van der Waals surface area contributed by atoms with E-state index in [0.29, 0.717) is 11.1 Å². The second-order valence-corrected chi connectivity index (χ2v) is 3.63. The molecule has 0 fully saturated rings. The zero-order valence-corrected chi connectivity index (χ0v) is 9.67. The Labute approximate surface area is 103 Å². The Kier molecular flexibility index (Phi) is 3.45. The van der Waals surface area contributed by atoms with Crippen molar-refractivity contribution in [2.24, 2.45) is 0 Å². The minimum absolute atomic E-state index is 0.0548. The monoisotopic (exact) mass is 248 g/mol. The highest BCUT2D eigenvalue weighted by atomic mass is 19.2. The van der Waals surface area contributed by atoms with Crippen molar-refractivity contribution in [3.8, 4) is 18.1 Å². The quantitative estimate of drug-likeness (QED) is 0.614. The first-order chi connectivity index (χ1) is 8.67. The summed E-state index contributed by atoms with van der Waals surface area (Å²) in [6.07, 6.45) is 5.31. The number of rotatable bonds is 3. The summed E-state index contributed by atoms with van der Waals surface area (Å²) in [7, 11) is 1.48. The molecule has 0 aliphatic heterocycles. The van der Waals surface area contributed by atoms with E-state index in [1.54, 1.807) is 6.07 Å². The third-order valence-electron chi connectivity index (χ3n) is 2.48. The topological polar surface area (TPSA) is 18.5 Å². The van der Waals surface area contributed by atoms with E-state index in [2.05, 4.69) is 5.92 Å². The second kappa shape index (κ2) is 5.03. The van der Waals surface area contributed by atoms with Crippen LogP contribution >= 0.6 is 0 Å². The van der Waals surface area contributed by atoms with Crippen molar-refractivity contribution in [3.63, 3.8) is 0 Å². The van der Waals surface area contributed by atoms with Crippen LogP contribution in [-0.4, -0.2) is 13.9 Å². The average molecular weight is 248 g/mol. The molecule has 0 aliphatic carbocycles. The van der Waals surface area contributed by atoms with Gasteiger partial charge in [0.05, 0.1) is 0 Å².